The van der Waals surface area contributed by atoms with Gasteiger partial charge in [-0.2, -0.15) is 0 Å². The molecule has 2 aliphatic carbocycles. The van der Waals surface area contributed by atoms with Crippen LogP contribution in [0, 0.1) is 11.8 Å². The third-order valence-electron chi connectivity index (χ3n) is 7.20. The van der Waals surface area contributed by atoms with E-state index in [2.05, 4.69) is 11.0 Å². The molecule has 1 aromatic carbocycles. The number of fused-ring (bicyclic) bond motifs is 1. The van der Waals surface area contributed by atoms with E-state index in [1.54, 1.807) is 14.0 Å². The summed E-state index contributed by atoms with van der Waals surface area (Å²) in [4.78, 5) is 15.1. The lowest BCUT2D eigenvalue weighted by atomic mass is 9.58. The highest BCUT2D eigenvalue weighted by atomic mass is 16.5. The predicted molar refractivity (Wildman–Crippen MR) is 107 cm³/mol. The summed E-state index contributed by atoms with van der Waals surface area (Å²) in [6.45, 7) is 5.09. The van der Waals surface area contributed by atoms with E-state index in [9.17, 15) is 9.90 Å². The predicted octanol–water partition coefficient (Wildman–Crippen LogP) is 3.20. The smallest absolute Gasteiger partial charge is 0.337 e. The van der Waals surface area contributed by atoms with Crippen molar-refractivity contribution in [2.45, 2.75) is 44.1 Å². The summed E-state index contributed by atoms with van der Waals surface area (Å²) in [5.41, 5.74) is 1.15. The van der Waals surface area contributed by atoms with Crippen molar-refractivity contribution >= 4 is 5.97 Å². The van der Waals surface area contributed by atoms with Gasteiger partial charge in [-0.3, -0.25) is 0 Å². The van der Waals surface area contributed by atoms with Gasteiger partial charge in [0.05, 0.1) is 19.3 Å². The van der Waals surface area contributed by atoms with E-state index in [0.29, 0.717) is 30.1 Å². The average Bonchev–Trinajstić information content (AvgIpc) is 3.47. The van der Waals surface area contributed by atoms with E-state index >= 15 is 0 Å². The molecular formula is C23H29NO5. The minimum absolute atomic E-state index is 0.0357. The lowest BCUT2D eigenvalue weighted by Gasteiger charge is -2.50. The summed E-state index contributed by atoms with van der Waals surface area (Å²) in [5, 5.41) is 11.1. The second-order valence-corrected chi connectivity index (χ2v) is 8.81. The molecule has 0 bridgehead atoms. The van der Waals surface area contributed by atoms with E-state index in [1.165, 1.54) is 12.8 Å². The molecule has 2 aliphatic heterocycles. The van der Waals surface area contributed by atoms with Gasteiger partial charge in [0.1, 0.15) is 5.76 Å². The van der Waals surface area contributed by atoms with Crippen molar-refractivity contribution in [3.8, 4) is 11.5 Å². The molecule has 2 heterocycles. The van der Waals surface area contributed by atoms with Gasteiger partial charge < -0.3 is 24.2 Å². The van der Waals surface area contributed by atoms with Gasteiger partial charge in [-0.25, -0.2) is 4.79 Å². The third-order valence-corrected chi connectivity index (χ3v) is 7.20. The fourth-order valence-corrected chi connectivity index (χ4v) is 5.63. The molecule has 3 atom stereocenters. The summed E-state index contributed by atoms with van der Waals surface area (Å²) in [6, 6.07) is 5.98. The molecule has 2 fully saturated rings. The molecule has 6 heteroatoms. The molecule has 29 heavy (non-hydrogen) atoms. The highest BCUT2D eigenvalue weighted by Crippen LogP contribution is 2.59. The van der Waals surface area contributed by atoms with Gasteiger partial charge in [0, 0.05) is 24.1 Å². The molecule has 1 aromatic rings. The van der Waals surface area contributed by atoms with Crippen LogP contribution in [-0.2, 0) is 14.9 Å². The lowest BCUT2D eigenvalue weighted by molar-refractivity contribution is -0.140. The zero-order valence-corrected chi connectivity index (χ0v) is 17.1. The molecule has 1 N–H and O–H groups in total. The SMILES string of the molecule is CCOC(=O)C1=C(O)[C@@H]2Oc3c(OC)cccc3[C@@]23CCN(CC2CC2)C[C@H]3C1. The normalized spacial score (nSPS) is 30.8. The van der Waals surface area contributed by atoms with Gasteiger partial charge in [0.15, 0.2) is 17.6 Å². The number of para-hydroxylation sites is 1. The van der Waals surface area contributed by atoms with Crippen molar-refractivity contribution in [1.82, 2.24) is 4.90 Å². The van der Waals surface area contributed by atoms with E-state index < -0.39 is 12.1 Å². The standard InChI is InChI=1S/C23H29NO5/c1-3-28-22(26)16-11-15-13-24(12-14-7-8-14)10-9-23(15)17-5-4-6-18(27-2)20(17)29-21(23)19(16)25/h4-6,14-15,21,25H,3,7-13H2,1-2H3/t15-,21+,23+/m1/s1. The second kappa shape index (κ2) is 6.94. The highest BCUT2D eigenvalue weighted by Gasteiger charge is 2.61. The molecule has 0 aromatic heterocycles. The van der Waals surface area contributed by atoms with Crippen LogP contribution in [0.2, 0.25) is 0 Å². The van der Waals surface area contributed by atoms with Crippen molar-refractivity contribution in [3.63, 3.8) is 0 Å². The van der Waals surface area contributed by atoms with E-state index in [4.69, 9.17) is 14.2 Å². The van der Waals surface area contributed by atoms with Gasteiger partial charge in [-0.15, -0.1) is 0 Å². The first-order chi connectivity index (χ1) is 14.1. The van der Waals surface area contributed by atoms with Crippen LogP contribution in [0.25, 0.3) is 0 Å². The molecule has 0 radical (unpaired) electrons. The Kier molecular flexibility index (Phi) is 4.50. The van der Waals surface area contributed by atoms with E-state index in [1.807, 2.05) is 12.1 Å². The fourth-order valence-electron chi connectivity index (χ4n) is 5.63. The van der Waals surface area contributed by atoms with Crippen molar-refractivity contribution in [2.75, 3.05) is 33.4 Å². The zero-order valence-electron chi connectivity index (χ0n) is 17.1. The topological polar surface area (TPSA) is 68.2 Å². The van der Waals surface area contributed by atoms with Crippen LogP contribution >= 0.6 is 0 Å². The molecule has 1 saturated carbocycles. The number of ether oxygens (including phenoxy) is 3. The van der Waals surface area contributed by atoms with Crippen LogP contribution in [0.15, 0.2) is 29.5 Å². The number of aliphatic hydroxyl groups is 1. The van der Waals surface area contributed by atoms with Crippen LogP contribution in [0.1, 0.15) is 38.2 Å². The lowest BCUT2D eigenvalue weighted by Crippen LogP contribution is -2.58. The Balaban J connectivity index is 1.58. The van der Waals surface area contributed by atoms with E-state index in [0.717, 1.165) is 37.5 Å². The molecule has 0 unspecified atom stereocenters. The van der Waals surface area contributed by atoms with Crippen molar-refractivity contribution in [2.24, 2.45) is 11.8 Å². The van der Waals surface area contributed by atoms with Crippen molar-refractivity contribution < 1.29 is 24.1 Å². The summed E-state index contributed by atoms with van der Waals surface area (Å²) in [5.74, 6) is 2.00. The number of carbonyl (C=O) groups is 1. The van der Waals surface area contributed by atoms with Gasteiger partial charge >= 0.3 is 5.97 Å². The van der Waals surface area contributed by atoms with Gasteiger partial charge in [0.2, 0.25) is 0 Å². The number of aliphatic hydroxyl groups excluding tert-OH is 1. The molecule has 6 nitrogen and oxygen atoms in total. The highest BCUT2D eigenvalue weighted by molar-refractivity contribution is 5.90. The monoisotopic (exact) mass is 399 g/mol. The van der Waals surface area contributed by atoms with Gasteiger partial charge in [0.25, 0.3) is 0 Å². The Morgan fingerprint density at radius 3 is 2.93 bits per heavy atom. The quantitative estimate of drug-likeness (QED) is 0.767. The number of rotatable bonds is 5. The van der Waals surface area contributed by atoms with E-state index in [-0.39, 0.29) is 17.1 Å². The van der Waals surface area contributed by atoms with Crippen molar-refractivity contribution in [1.29, 1.82) is 0 Å². The third kappa shape index (κ3) is 2.83. The molecule has 0 amide bonds. The Morgan fingerprint density at radius 1 is 1.38 bits per heavy atom. The average molecular weight is 399 g/mol. The molecule has 1 saturated heterocycles. The van der Waals surface area contributed by atoms with Crippen LogP contribution < -0.4 is 9.47 Å². The number of benzene rings is 1. The number of hydrogen-bond acceptors (Lipinski definition) is 6. The first-order valence-corrected chi connectivity index (χ1v) is 10.7. The summed E-state index contributed by atoms with van der Waals surface area (Å²) >= 11 is 0. The first-order valence-electron chi connectivity index (χ1n) is 10.7. The van der Waals surface area contributed by atoms with Crippen molar-refractivity contribution in [3.05, 3.63) is 35.1 Å². The Morgan fingerprint density at radius 2 is 2.21 bits per heavy atom. The maximum atomic E-state index is 12.6. The molecule has 1 spiro atoms. The number of hydrogen-bond donors (Lipinski definition) is 1. The summed E-state index contributed by atoms with van der Waals surface area (Å²) in [6.07, 6.45) is 3.51. The number of carbonyl (C=O) groups excluding carboxylic acids is 1. The Labute approximate surface area is 171 Å². The van der Waals surface area contributed by atoms with Crippen LogP contribution in [-0.4, -0.2) is 55.4 Å². The minimum atomic E-state index is -0.560. The summed E-state index contributed by atoms with van der Waals surface area (Å²) < 4.78 is 17.1. The number of nitrogens with zero attached hydrogens (tertiary/aromatic N) is 1. The van der Waals surface area contributed by atoms with Gasteiger partial charge in [-0.1, -0.05) is 12.1 Å². The summed E-state index contributed by atoms with van der Waals surface area (Å²) in [7, 11) is 1.63. The fraction of sp³-hybridized carbons (Fsp3) is 0.609. The number of likely N-dealkylation sites (tertiary alicyclic amines) is 1. The molecule has 4 aliphatic rings. The number of methoxy groups -OCH3 is 1. The Bertz CT molecular complexity index is 861. The van der Waals surface area contributed by atoms with Crippen LogP contribution in [0.5, 0.6) is 11.5 Å². The first kappa shape index (κ1) is 18.8. The van der Waals surface area contributed by atoms with Gasteiger partial charge in [-0.05, 0) is 57.1 Å². The molecular weight excluding hydrogens is 370 g/mol. The van der Waals surface area contributed by atoms with Crippen LogP contribution in [0.3, 0.4) is 0 Å². The maximum absolute atomic E-state index is 12.6. The minimum Gasteiger partial charge on any atom is -0.508 e. The molecule has 5 rings (SSSR count). The number of piperidine rings is 1. The molecule has 156 valence electrons. The number of esters is 1. The zero-order chi connectivity index (χ0) is 20.2. The largest absolute Gasteiger partial charge is 0.508 e. The maximum Gasteiger partial charge on any atom is 0.337 e. The van der Waals surface area contributed by atoms with Crippen LogP contribution in [0.4, 0.5) is 0 Å². The Hall–Kier alpha value is -2.21. The second-order valence-electron chi connectivity index (χ2n) is 8.81.